The molecule has 0 aliphatic heterocycles. The van der Waals surface area contributed by atoms with Gasteiger partial charge in [0.15, 0.2) is 0 Å². The van der Waals surface area contributed by atoms with Gasteiger partial charge in [0.05, 0.1) is 11.3 Å². The SMILES string of the molecule is Cc1cc(CC2(O)CCCCC2)on1. The van der Waals surface area contributed by atoms with E-state index in [1.165, 1.54) is 6.42 Å². The van der Waals surface area contributed by atoms with Crippen molar-refractivity contribution < 1.29 is 9.63 Å². The standard InChI is InChI=1S/C11H17NO2/c1-9-7-10(14-12-9)8-11(13)5-3-2-4-6-11/h7,13H,2-6,8H2,1H3. The van der Waals surface area contributed by atoms with Crippen LogP contribution >= 0.6 is 0 Å². The molecule has 0 bridgehead atoms. The second-order valence-electron chi connectivity index (χ2n) is 4.40. The van der Waals surface area contributed by atoms with E-state index >= 15 is 0 Å². The number of nitrogens with zero attached hydrogens (tertiary/aromatic N) is 1. The van der Waals surface area contributed by atoms with E-state index in [4.69, 9.17) is 4.52 Å². The molecule has 0 radical (unpaired) electrons. The van der Waals surface area contributed by atoms with E-state index in [0.29, 0.717) is 6.42 Å². The number of rotatable bonds is 2. The van der Waals surface area contributed by atoms with Gasteiger partial charge in [-0.1, -0.05) is 24.4 Å². The van der Waals surface area contributed by atoms with Crippen LogP contribution in [0.3, 0.4) is 0 Å². The molecule has 0 atom stereocenters. The number of hydrogen-bond acceptors (Lipinski definition) is 3. The molecule has 1 aromatic heterocycles. The van der Waals surface area contributed by atoms with Gasteiger partial charge in [-0.05, 0) is 19.8 Å². The number of aryl methyl sites for hydroxylation is 1. The van der Waals surface area contributed by atoms with Crippen LogP contribution in [0.2, 0.25) is 0 Å². The van der Waals surface area contributed by atoms with E-state index in [2.05, 4.69) is 5.16 Å². The third-order valence-corrected chi connectivity index (χ3v) is 2.96. The molecule has 0 spiro atoms. The molecule has 3 heteroatoms. The topological polar surface area (TPSA) is 46.3 Å². The van der Waals surface area contributed by atoms with E-state index in [0.717, 1.165) is 37.1 Å². The first-order valence-electron chi connectivity index (χ1n) is 5.33. The minimum absolute atomic E-state index is 0.537. The number of aliphatic hydroxyl groups is 1. The van der Waals surface area contributed by atoms with Gasteiger partial charge >= 0.3 is 0 Å². The van der Waals surface area contributed by atoms with Gasteiger partial charge in [0, 0.05) is 12.5 Å². The average molecular weight is 195 g/mol. The average Bonchev–Trinajstić information content (AvgIpc) is 2.51. The van der Waals surface area contributed by atoms with E-state index in [-0.39, 0.29) is 0 Å². The molecule has 1 aliphatic rings. The molecule has 1 fully saturated rings. The summed E-state index contributed by atoms with van der Waals surface area (Å²) in [4.78, 5) is 0. The fourth-order valence-corrected chi connectivity index (χ4v) is 2.21. The van der Waals surface area contributed by atoms with Crippen molar-refractivity contribution in [3.8, 4) is 0 Å². The quantitative estimate of drug-likeness (QED) is 0.787. The highest BCUT2D eigenvalue weighted by atomic mass is 16.5. The van der Waals surface area contributed by atoms with Gasteiger partial charge in [-0.15, -0.1) is 0 Å². The van der Waals surface area contributed by atoms with Crippen LogP contribution in [0, 0.1) is 6.92 Å². The van der Waals surface area contributed by atoms with E-state index in [1.807, 2.05) is 13.0 Å². The van der Waals surface area contributed by atoms with Crippen molar-refractivity contribution in [2.75, 3.05) is 0 Å². The van der Waals surface area contributed by atoms with Crippen molar-refractivity contribution in [1.29, 1.82) is 0 Å². The lowest BCUT2D eigenvalue weighted by atomic mass is 9.82. The summed E-state index contributed by atoms with van der Waals surface area (Å²) in [7, 11) is 0. The molecule has 1 aromatic rings. The van der Waals surface area contributed by atoms with Crippen molar-refractivity contribution in [3.05, 3.63) is 17.5 Å². The molecule has 0 amide bonds. The molecule has 1 saturated carbocycles. The van der Waals surface area contributed by atoms with Crippen molar-refractivity contribution in [2.45, 2.75) is 51.0 Å². The van der Waals surface area contributed by atoms with Gasteiger partial charge in [-0.25, -0.2) is 0 Å². The Bertz CT molecular complexity index is 300. The second kappa shape index (κ2) is 3.73. The zero-order valence-corrected chi connectivity index (χ0v) is 8.62. The molecule has 3 nitrogen and oxygen atoms in total. The van der Waals surface area contributed by atoms with Crippen LogP contribution in [0.1, 0.15) is 43.6 Å². The largest absolute Gasteiger partial charge is 0.389 e. The zero-order chi connectivity index (χ0) is 10.0. The lowest BCUT2D eigenvalue weighted by Crippen LogP contribution is -2.33. The molecule has 1 heterocycles. The van der Waals surface area contributed by atoms with Gasteiger partial charge in [-0.2, -0.15) is 0 Å². The van der Waals surface area contributed by atoms with Crippen LogP contribution in [0.15, 0.2) is 10.6 Å². The van der Waals surface area contributed by atoms with Gasteiger partial charge < -0.3 is 9.63 Å². The molecule has 1 N–H and O–H groups in total. The van der Waals surface area contributed by atoms with Crippen LogP contribution in [0.5, 0.6) is 0 Å². The highest BCUT2D eigenvalue weighted by Gasteiger charge is 2.30. The van der Waals surface area contributed by atoms with E-state index < -0.39 is 5.60 Å². The predicted octanol–water partition coefficient (Wildman–Crippen LogP) is 2.22. The maximum absolute atomic E-state index is 10.2. The summed E-state index contributed by atoms with van der Waals surface area (Å²) in [6.45, 7) is 1.90. The maximum atomic E-state index is 10.2. The van der Waals surface area contributed by atoms with Crippen LogP contribution in [0.4, 0.5) is 0 Å². The van der Waals surface area contributed by atoms with Gasteiger partial charge in [0.25, 0.3) is 0 Å². The summed E-state index contributed by atoms with van der Waals surface area (Å²) >= 11 is 0. The fraction of sp³-hybridized carbons (Fsp3) is 0.727. The van der Waals surface area contributed by atoms with Gasteiger partial charge in [-0.3, -0.25) is 0 Å². The summed E-state index contributed by atoms with van der Waals surface area (Å²) in [6, 6.07) is 1.91. The van der Waals surface area contributed by atoms with Crippen LogP contribution < -0.4 is 0 Å². The minimum atomic E-state index is -0.537. The first-order chi connectivity index (χ1) is 6.68. The molecule has 78 valence electrons. The summed E-state index contributed by atoms with van der Waals surface area (Å²) in [5.74, 6) is 0.812. The van der Waals surface area contributed by atoms with Gasteiger partial charge in [0.1, 0.15) is 5.76 Å². The van der Waals surface area contributed by atoms with Crippen molar-refractivity contribution in [2.24, 2.45) is 0 Å². The molecule has 1 aliphatic carbocycles. The Morgan fingerprint density at radius 1 is 1.43 bits per heavy atom. The maximum Gasteiger partial charge on any atom is 0.139 e. The van der Waals surface area contributed by atoms with Gasteiger partial charge in [0.2, 0.25) is 0 Å². The lowest BCUT2D eigenvalue weighted by Gasteiger charge is -2.30. The highest BCUT2D eigenvalue weighted by Crippen LogP contribution is 2.31. The van der Waals surface area contributed by atoms with E-state index in [9.17, 15) is 5.11 Å². The van der Waals surface area contributed by atoms with Crippen molar-refractivity contribution >= 4 is 0 Å². The minimum Gasteiger partial charge on any atom is -0.389 e. The van der Waals surface area contributed by atoms with Crippen LogP contribution in [0.25, 0.3) is 0 Å². The van der Waals surface area contributed by atoms with Crippen LogP contribution in [-0.4, -0.2) is 15.9 Å². The number of hydrogen-bond donors (Lipinski definition) is 1. The molecular weight excluding hydrogens is 178 g/mol. The number of aromatic nitrogens is 1. The van der Waals surface area contributed by atoms with E-state index in [1.54, 1.807) is 0 Å². The summed E-state index contributed by atoms with van der Waals surface area (Å²) in [5, 5.41) is 14.1. The summed E-state index contributed by atoms with van der Waals surface area (Å²) in [5.41, 5.74) is 0.351. The molecule has 2 rings (SSSR count). The highest BCUT2D eigenvalue weighted by molar-refractivity contribution is 5.06. The first-order valence-corrected chi connectivity index (χ1v) is 5.33. The Morgan fingerprint density at radius 2 is 2.14 bits per heavy atom. The molecule has 0 unspecified atom stereocenters. The predicted molar refractivity (Wildman–Crippen MR) is 53.0 cm³/mol. The summed E-state index contributed by atoms with van der Waals surface area (Å²) < 4.78 is 5.12. The van der Waals surface area contributed by atoms with Crippen molar-refractivity contribution in [1.82, 2.24) is 5.16 Å². The zero-order valence-electron chi connectivity index (χ0n) is 8.62. The third-order valence-electron chi connectivity index (χ3n) is 2.96. The second-order valence-corrected chi connectivity index (χ2v) is 4.40. The fourth-order valence-electron chi connectivity index (χ4n) is 2.21. The Kier molecular flexibility index (Phi) is 2.59. The Hall–Kier alpha value is -0.830. The Morgan fingerprint density at radius 3 is 2.71 bits per heavy atom. The molecule has 0 aromatic carbocycles. The monoisotopic (exact) mass is 195 g/mol. The molecule has 0 saturated heterocycles. The molecular formula is C11H17NO2. The summed E-state index contributed by atoms with van der Waals surface area (Å²) in [6.07, 6.45) is 5.91. The van der Waals surface area contributed by atoms with Crippen molar-refractivity contribution in [3.63, 3.8) is 0 Å². The smallest absolute Gasteiger partial charge is 0.139 e. The first kappa shape index (κ1) is 9.71. The normalized spacial score (nSPS) is 21.0. The Labute approximate surface area is 84.1 Å². The lowest BCUT2D eigenvalue weighted by molar-refractivity contribution is -0.000733. The Balaban J connectivity index is 2.01. The molecule has 14 heavy (non-hydrogen) atoms. The van der Waals surface area contributed by atoms with Crippen LogP contribution in [-0.2, 0) is 6.42 Å². The third kappa shape index (κ3) is 2.15.